The van der Waals surface area contributed by atoms with Crippen LogP contribution in [-0.4, -0.2) is 66.4 Å². The van der Waals surface area contributed by atoms with Gasteiger partial charge in [-0.05, 0) is 28.2 Å². The molecular formula is C26H30N2O6. The maximum absolute atomic E-state index is 13.2. The molecule has 0 aromatic heterocycles. The molecule has 4 rings (SSSR count). The van der Waals surface area contributed by atoms with E-state index in [1.807, 2.05) is 36.4 Å². The van der Waals surface area contributed by atoms with E-state index in [1.165, 1.54) is 11.9 Å². The number of alkyl carbamates (subject to hydrolysis) is 1. The van der Waals surface area contributed by atoms with Crippen LogP contribution in [0.1, 0.15) is 37.3 Å². The van der Waals surface area contributed by atoms with Crippen molar-refractivity contribution in [2.75, 3.05) is 26.9 Å². The number of aliphatic carboxylic acids is 1. The van der Waals surface area contributed by atoms with E-state index in [9.17, 15) is 19.5 Å². The van der Waals surface area contributed by atoms with Gasteiger partial charge in [0.2, 0.25) is 5.91 Å². The highest BCUT2D eigenvalue weighted by molar-refractivity contribution is 5.91. The Hall–Kier alpha value is -3.39. The predicted molar refractivity (Wildman–Crippen MR) is 125 cm³/mol. The molecule has 2 amide bonds. The third kappa shape index (κ3) is 4.14. The molecule has 2 aliphatic rings. The molecule has 0 bridgehead atoms. The second-order valence-electron chi connectivity index (χ2n) is 9.23. The van der Waals surface area contributed by atoms with E-state index in [-0.39, 0.29) is 38.1 Å². The summed E-state index contributed by atoms with van der Waals surface area (Å²) < 4.78 is 10.9. The minimum Gasteiger partial charge on any atom is -0.479 e. The Kier molecular flexibility index (Phi) is 6.61. The largest absolute Gasteiger partial charge is 0.479 e. The summed E-state index contributed by atoms with van der Waals surface area (Å²) in [6, 6.07) is 15.2. The summed E-state index contributed by atoms with van der Waals surface area (Å²) in [5, 5.41) is 12.4. The topological polar surface area (TPSA) is 105 Å². The summed E-state index contributed by atoms with van der Waals surface area (Å²) in [7, 11) is 1.44. The summed E-state index contributed by atoms with van der Waals surface area (Å²) in [6.45, 7) is 3.88. The third-order valence-electron chi connectivity index (χ3n) is 6.92. The van der Waals surface area contributed by atoms with Crippen LogP contribution in [0.2, 0.25) is 0 Å². The van der Waals surface area contributed by atoms with Gasteiger partial charge >= 0.3 is 12.1 Å². The van der Waals surface area contributed by atoms with Gasteiger partial charge in [-0.2, -0.15) is 0 Å². The van der Waals surface area contributed by atoms with Crippen LogP contribution in [0, 0.1) is 5.92 Å². The molecular weight excluding hydrogens is 436 g/mol. The van der Waals surface area contributed by atoms with E-state index in [2.05, 4.69) is 17.4 Å². The quantitative estimate of drug-likeness (QED) is 0.649. The SMILES string of the molecule is CC(C)[C@H](NC(=O)OCC1c2ccccc2-c2ccccc21)C(=O)N(C)C1(C(=O)O)CCOC1. The Morgan fingerprint density at radius 2 is 1.71 bits per heavy atom. The number of carbonyl (C=O) groups is 3. The van der Waals surface area contributed by atoms with Gasteiger partial charge in [-0.15, -0.1) is 0 Å². The number of rotatable bonds is 7. The monoisotopic (exact) mass is 466 g/mol. The van der Waals surface area contributed by atoms with E-state index >= 15 is 0 Å². The number of hydrogen-bond acceptors (Lipinski definition) is 5. The molecule has 0 spiro atoms. The van der Waals surface area contributed by atoms with Crippen molar-refractivity contribution in [3.63, 3.8) is 0 Å². The molecule has 1 fully saturated rings. The van der Waals surface area contributed by atoms with Gasteiger partial charge in [0.15, 0.2) is 5.54 Å². The van der Waals surface area contributed by atoms with E-state index in [0.717, 1.165) is 22.3 Å². The highest BCUT2D eigenvalue weighted by Gasteiger charge is 2.49. The highest BCUT2D eigenvalue weighted by atomic mass is 16.5. The molecule has 8 nitrogen and oxygen atoms in total. The molecule has 1 heterocycles. The van der Waals surface area contributed by atoms with Crippen LogP contribution in [0.5, 0.6) is 0 Å². The highest BCUT2D eigenvalue weighted by Crippen LogP contribution is 2.44. The summed E-state index contributed by atoms with van der Waals surface area (Å²) in [4.78, 5) is 39.1. The van der Waals surface area contributed by atoms with Gasteiger partial charge < -0.3 is 24.8 Å². The first kappa shape index (κ1) is 23.8. The maximum atomic E-state index is 13.2. The van der Waals surface area contributed by atoms with E-state index in [0.29, 0.717) is 0 Å². The molecule has 2 aromatic rings. The zero-order valence-electron chi connectivity index (χ0n) is 19.6. The Morgan fingerprint density at radius 3 is 2.21 bits per heavy atom. The minimum absolute atomic E-state index is 0.0830. The first-order chi connectivity index (χ1) is 16.3. The average molecular weight is 467 g/mol. The lowest BCUT2D eigenvalue weighted by atomic mass is 9.94. The van der Waals surface area contributed by atoms with Crippen LogP contribution in [0.25, 0.3) is 11.1 Å². The van der Waals surface area contributed by atoms with Crippen molar-refractivity contribution in [2.45, 2.75) is 37.8 Å². The fourth-order valence-corrected chi connectivity index (χ4v) is 4.83. The van der Waals surface area contributed by atoms with Crippen molar-refractivity contribution < 1.29 is 29.0 Å². The number of likely N-dealkylation sites (N-methyl/N-ethyl adjacent to an activating group) is 1. The Labute approximate surface area is 198 Å². The predicted octanol–water partition coefficient (Wildman–Crippen LogP) is 3.25. The number of carbonyl (C=O) groups excluding carboxylic acids is 2. The van der Waals surface area contributed by atoms with Crippen LogP contribution in [-0.2, 0) is 19.1 Å². The maximum Gasteiger partial charge on any atom is 0.407 e. The number of carboxylic acids is 1. The van der Waals surface area contributed by atoms with Crippen molar-refractivity contribution in [1.82, 2.24) is 10.2 Å². The minimum atomic E-state index is -1.44. The Balaban J connectivity index is 1.45. The molecule has 1 aliphatic heterocycles. The summed E-state index contributed by atoms with van der Waals surface area (Å²) >= 11 is 0. The lowest BCUT2D eigenvalue weighted by Gasteiger charge is -2.36. The first-order valence-electron chi connectivity index (χ1n) is 11.5. The lowest BCUT2D eigenvalue weighted by molar-refractivity contribution is -0.159. The standard InChI is InChI=1S/C26H30N2O6/c1-16(2)22(23(29)28(3)26(24(30)31)12-13-33-15-26)27-25(32)34-14-21-19-10-6-4-8-17(19)18-9-5-7-11-20(18)21/h4-11,16,21-22H,12-15H2,1-3H3,(H,27,32)(H,30,31)/t22-,26?/m0/s1. The molecule has 0 radical (unpaired) electrons. The number of ether oxygens (including phenoxy) is 2. The van der Waals surface area contributed by atoms with Crippen molar-refractivity contribution in [3.8, 4) is 11.1 Å². The van der Waals surface area contributed by atoms with Crippen molar-refractivity contribution in [2.24, 2.45) is 5.92 Å². The summed E-state index contributed by atoms with van der Waals surface area (Å²) in [5.41, 5.74) is 3.01. The summed E-state index contributed by atoms with van der Waals surface area (Å²) in [5.74, 6) is -1.98. The smallest absolute Gasteiger partial charge is 0.407 e. The van der Waals surface area contributed by atoms with E-state index in [4.69, 9.17) is 9.47 Å². The number of hydrogen-bond donors (Lipinski definition) is 2. The number of nitrogens with zero attached hydrogens (tertiary/aromatic N) is 1. The van der Waals surface area contributed by atoms with Gasteiger partial charge in [0.25, 0.3) is 0 Å². The third-order valence-corrected chi connectivity index (χ3v) is 6.92. The summed E-state index contributed by atoms with van der Waals surface area (Å²) in [6.07, 6.45) is -0.519. The molecule has 1 unspecified atom stereocenters. The molecule has 0 saturated carbocycles. The zero-order chi connectivity index (χ0) is 24.5. The van der Waals surface area contributed by atoms with Crippen LogP contribution < -0.4 is 5.32 Å². The Bertz CT molecular complexity index is 1050. The number of fused-ring (bicyclic) bond motifs is 3. The molecule has 8 heteroatoms. The van der Waals surface area contributed by atoms with Gasteiger partial charge in [0.1, 0.15) is 12.6 Å². The number of nitrogens with one attached hydrogen (secondary N) is 1. The average Bonchev–Trinajstić information content (AvgIpc) is 3.44. The number of benzene rings is 2. The fraction of sp³-hybridized carbons (Fsp3) is 0.423. The van der Waals surface area contributed by atoms with Crippen molar-refractivity contribution in [3.05, 3.63) is 59.7 Å². The number of carboxylic acid groups (broad SMARTS) is 1. The normalized spacial score (nSPS) is 19.9. The second-order valence-corrected chi connectivity index (χ2v) is 9.23. The Morgan fingerprint density at radius 1 is 1.12 bits per heavy atom. The van der Waals surface area contributed by atoms with Gasteiger partial charge in [-0.1, -0.05) is 62.4 Å². The van der Waals surface area contributed by atoms with Crippen molar-refractivity contribution in [1.29, 1.82) is 0 Å². The number of amides is 2. The van der Waals surface area contributed by atoms with Crippen molar-refractivity contribution >= 4 is 18.0 Å². The molecule has 2 atom stereocenters. The van der Waals surface area contributed by atoms with E-state index < -0.39 is 29.6 Å². The van der Waals surface area contributed by atoms with Crippen LogP contribution in [0.4, 0.5) is 4.79 Å². The van der Waals surface area contributed by atoms with Gasteiger partial charge in [-0.25, -0.2) is 9.59 Å². The zero-order valence-corrected chi connectivity index (χ0v) is 19.6. The second kappa shape index (κ2) is 9.46. The van der Waals surface area contributed by atoms with Gasteiger partial charge in [0, 0.05) is 26.0 Å². The first-order valence-corrected chi connectivity index (χ1v) is 11.5. The van der Waals surface area contributed by atoms with Crippen LogP contribution in [0.15, 0.2) is 48.5 Å². The molecule has 180 valence electrons. The molecule has 2 aromatic carbocycles. The van der Waals surface area contributed by atoms with Crippen LogP contribution in [0.3, 0.4) is 0 Å². The van der Waals surface area contributed by atoms with Gasteiger partial charge in [0.05, 0.1) is 6.61 Å². The van der Waals surface area contributed by atoms with E-state index in [1.54, 1.807) is 13.8 Å². The fourth-order valence-electron chi connectivity index (χ4n) is 4.83. The molecule has 1 aliphatic carbocycles. The molecule has 2 N–H and O–H groups in total. The lowest BCUT2D eigenvalue weighted by Crippen LogP contribution is -2.61. The van der Waals surface area contributed by atoms with Gasteiger partial charge in [-0.3, -0.25) is 4.79 Å². The molecule has 34 heavy (non-hydrogen) atoms. The van der Waals surface area contributed by atoms with Crippen LogP contribution >= 0.6 is 0 Å². The molecule has 1 saturated heterocycles.